The fourth-order valence-electron chi connectivity index (χ4n) is 1.39. The van der Waals surface area contributed by atoms with Crippen LogP contribution in [0.25, 0.3) is 0 Å². The monoisotopic (exact) mass is 272 g/mol. The van der Waals surface area contributed by atoms with Gasteiger partial charge in [0.2, 0.25) is 0 Å². The van der Waals surface area contributed by atoms with Crippen LogP contribution in [0.4, 0.5) is 4.79 Å². The number of carbonyl (C=O) groups is 1. The maximum absolute atomic E-state index is 11.8. The highest BCUT2D eigenvalue weighted by Crippen LogP contribution is 2.15. The third-order valence-electron chi connectivity index (χ3n) is 2.37. The zero-order valence-corrected chi connectivity index (χ0v) is 10.5. The first kappa shape index (κ1) is 12.8. The number of cyclic esters (lactones) is 2. The van der Waals surface area contributed by atoms with Gasteiger partial charge in [0.25, 0.3) is 10.1 Å². The van der Waals surface area contributed by atoms with Crippen LogP contribution in [0, 0.1) is 6.92 Å². The Morgan fingerprint density at radius 1 is 1.33 bits per heavy atom. The van der Waals surface area contributed by atoms with Gasteiger partial charge in [0.05, 0.1) is 4.90 Å². The van der Waals surface area contributed by atoms with Gasteiger partial charge in [-0.3, -0.25) is 4.18 Å². The average molecular weight is 272 g/mol. The van der Waals surface area contributed by atoms with Gasteiger partial charge in [-0.25, -0.2) is 4.79 Å². The normalized spacial score (nSPS) is 19.4. The summed E-state index contributed by atoms with van der Waals surface area (Å²) >= 11 is 0. The quantitative estimate of drug-likeness (QED) is 0.606. The molecule has 0 bridgehead atoms. The molecule has 2 rings (SSSR count). The highest BCUT2D eigenvalue weighted by molar-refractivity contribution is 7.86. The highest BCUT2D eigenvalue weighted by Gasteiger charge is 2.27. The minimum Gasteiger partial charge on any atom is -0.430 e. The first-order chi connectivity index (χ1) is 8.47. The fraction of sp³-hybridized carbons (Fsp3) is 0.364. The fourth-order valence-corrected chi connectivity index (χ4v) is 2.32. The summed E-state index contributed by atoms with van der Waals surface area (Å²) in [5, 5.41) is 0. The summed E-state index contributed by atoms with van der Waals surface area (Å²) in [4.78, 5) is 10.7. The molecule has 0 radical (unpaired) electrons. The smallest absolute Gasteiger partial charge is 0.430 e. The predicted molar refractivity (Wildman–Crippen MR) is 60.5 cm³/mol. The highest BCUT2D eigenvalue weighted by atomic mass is 32.2. The largest absolute Gasteiger partial charge is 0.508 e. The molecule has 1 aliphatic rings. The van der Waals surface area contributed by atoms with E-state index in [0.717, 1.165) is 5.56 Å². The van der Waals surface area contributed by atoms with Gasteiger partial charge in [-0.1, -0.05) is 17.7 Å². The second-order valence-electron chi connectivity index (χ2n) is 3.85. The lowest BCUT2D eigenvalue weighted by Gasteiger charge is -2.08. The topological polar surface area (TPSA) is 78.9 Å². The second-order valence-corrected chi connectivity index (χ2v) is 5.47. The molecule has 0 saturated carbocycles. The number of hydrogen-bond donors (Lipinski definition) is 0. The number of rotatable bonds is 4. The van der Waals surface area contributed by atoms with Crippen molar-refractivity contribution in [2.45, 2.75) is 17.9 Å². The summed E-state index contributed by atoms with van der Waals surface area (Å²) < 4.78 is 37.5. The van der Waals surface area contributed by atoms with E-state index in [9.17, 15) is 13.2 Å². The lowest BCUT2D eigenvalue weighted by Crippen LogP contribution is -2.21. The number of ether oxygens (including phenoxy) is 2. The Hall–Kier alpha value is -1.60. The van der Waals surface area contributed by atoms with Gasteiger partial charge in [0.1, 0.15) is 13.2 Å². The SMILES string of the molecule is Cc1ccc(S(=O)(=O)OC[C@@H]2COC(=O)O2)cc1. The van der Waals surface area contributed by atoms with Gasteiger partial charge >= 0.3 is 6.16 Å². The summed E-state index contributed by atoms with van der Waals surface area (Å²) in [6, 6.07) is 6.27. The van der Waals surface area contributed by atoms with Gasteiger partial charge in [-0.15, -0.1) is 0 Å². The Balaban J connectivity index is 1.99. The molecule has 0 aliphatic carbocycles. The second kappa shape index (κ2) is 4.95. The predicted octanol–water partition coefficient (Wildman–Crippen LogP) is 1.24. The van der Waals surface area contributed by atoms with Crippen LogP contribution in [0.15, 0.2) is 29.2 Å². The average Bonchev–Trinajstić information content (AvgIpc) is 2.73. The molecule has 6 nitrogen and oxygen atoms in total. The van der Waals surface area contributed by atoms with E-state index in [4.69, 9.17) is 4.18 Å². The van der Waals surface area contributed by atoms with Crippen LogP contribution in [-0.4, -0.2) is 33.9 Å². The first-order valence-corrected chi connectivity index (χ1v) is 6.68. The molecule has 1 aromatic carbocycles. The summed E-state index contributed by atoms with van der Waals surface area (Å²) in [5.74, 6) is 0. The number of carbonyl (C=O) groups excluding carboxylic acids is 1. The van der Waals surface area contributed by atoms with Crippen molar-refractivity contribution in [2.75, 3.05) is 13.2 Å². The van der Waals surface area contributed by atoms with Gasteiger partial charge in [0.15, 0.2) is 6.10 Å². The molecule has 1 saturated heterocycles. The molecular formula is C11H12O6S. The van der Waals surface area contributed by atoms with Crippen molar-refractivity contribution in [1.29, 1.82) is 0 Å². The standard InChI is InChI=1S/C11H12O6S/c1-8-2-4-10(5-3-8)18(13,14)16-7-9-6-15-11(12)17-9/h2-5,9H,6-7H2,1H3/t9-/m0/s1. The van der Waals surface area contributed by atoms with Crippen LogP contribution in [0.5, 0.6) is 0 Å². The van der Waals surface area contributed by atoms with Crippen molar-refractivity contribution >= 4 is 16.3 Å². The zero-order chi connectivity index (χ0) is 13.2. The van der Waals surface area contributed by atoms with E-state index in [1.165, 1.54) is 12.1 Å². The van der Waals surface area contributed by atoms with Gasteiger partial charge in [-0.2, -0.15) is 8.42 Å². The van der Waals surface area contributed by atoms with Crippen LogP contribution in [0.1, 0.15) is 5.56 Å². The van der Waals surface area contributed by atoms with Crippen molar-refractivity contribution < 1.29 is 26.9 Å². The number of benzene rings is 1. The van der Waals surface area contributed by atoms with E-state index < -0.39 is 22.4 Å². The maximum atomic E-state index is 11.8. The molecule has 1 aromatic rings. The Morgan fingerprint density at radius 3 is 2.56 bits per heavy atom. The van der Waals surface area contributed by atoms with Gasteiger partial charge < -0.3 is 9.47 Å². The summed E-state index contributed by atoms with van der Waals surface area (Å²) in [6.07, 6.45) is -1.49. The van der Waals surface area contributed by atoms with Crippen molar-refractivity contribution in [3.63, 3.8) is 0 Å². The van der Waals surface area contributed by atoms with Crippen molar-refractivity contribution in [1.82, 2.24) is 0 Å². The van der Waals surface area contributed by atoms with E-state index in [1.54, 1.807) is 12.1 Å². The zero-order valence-electron chi connectivity index (χ0n) is 9.66. The van der Waals surface area contributed by atoms with Crippen LogP contribution >= 0.6 is 0 Å². The van der Waals surface area contributed by atoms with Crippen LogP contribution in [-0.2, 0) is 23.8 Å². The van der Waals surface area contributed by atoms with Crippen LogP contribution in [0.3, 0.4) is 0 Å². The van der Waals surface area contributed by atoms with Gasteiger partial charge in [-0.05, 0) is 19.1 Å². The first-order valence-electron chi connectivity index (χ1n) is 5.27. The molecule has 1 fully saturated rings. The molecule has 0 aromatic heterocycles. The van der Waals surface area contributed by atoms with E-state index in [1.807, 2.05) is 6.92 Å². The Bertz CT molecular complexity index is 533. The Morgan fingerprint density at radius 2 is 2.00 bits per heavy atom. The third-order valence-corrected chi connectivity index (χ3v) is 3.66. The molecule has 18 heavy (non-hydrogen) atoms. The van der Waals surface area contributed by atoms with E-state index in [-0.39, 0.29) is 18.1 Å². The van der Waals surface area contributed by atoms with E-state index >= 15 is 0 Å². The molecular weight excluding hydrogens is 260 g/mol. The molecule has 0 amide bonds. The van der Waals surface area contributed by atoms with E-state index in [2.05, 4.69) is 9.47 Å². The Kier molecular flexibility index (Phi) is 3.53. The molecule has 1 atom stereocenters. The number of aryl methyl sites for hydroxylation is 1. The lowest BCUT2D eigenvalue weighted by molar-refractivity contribution is 0.0996. The molecule has 0 N–H and O–H groups in total. The molecule has 7 heteroatoms. The van der Waals surface area contributed by atoms with Crippen LogP contribution < -0.4 is 0 Å². The minimum atomic E-state index is -3.83. The Labute approximate surface area is 105 Å². The van der Waals surface area contributed by atoms with Crippen molar-refractivity contribution in [3.8, 4) is 0 Å². The summed E-state index contributed by atoms with van der Waals surface area (Å²) in [6.45, 7) is 1.61. The molecule has 1 aliphatic heterocycles. The van der Waals surface area contributed by atoms with Gasteiger partial charge in [0, 0.05) is 0 Å². The van der Waals surface area contributed by atoms with Crippen LogP contribution in [0.2, 0.25) is 0 Å². The van der Waals surface area contributed by atoms with Crippen molar-refractivity contribution in [3.05, 3.63) is 29.8 Å². The molecule has 1 heterocycles. The maximum Gasteiger partial charge on any atom is 0.508 e. The van der Waals surface area contributed by atoms with E-state index in [0.29, 0.717) is 0 Å². The minimum absolute atomic E-state index is 0.00223. The lowest BCUT2D eigenvalue weighted by atomic mass is 10.2. The number of hydrogen-bond acceptors (Lipinski definition) is 6. The molecule has 98 valence electrons. The molecule has 0 spiro atoms. The summed E-state index contributed by atoms with van der Waals surface area (Å²) in [5.41, 5.74) is 0.951. The molecule has 0 unspecified atom stereocenters. The third kappa shape index (κ3) is 2.99. The summed E-state index contributed by atoms with van der Waals surface area (Å²) in [7, 11) is -3.83. The van der Waals surface area contributed by atoms with Crippen molar-refractivity contribution in [2.24, 2.45) is 0 Å².